The van der Waals surface area contributed by atoms with Crippen LogP contribution in [-0.4, -0.2) is 13.0 Å². The van der Waals surface area contributed by atoms with Crippen LogP contribution in [0.1, 0.15) is 0 Å². The van der Waals surface area contributed by atoms with Crippen LogP contribution >= 0.6 is 0 Å². The van der Waals surface area contributed by atoms with Crippen LogP contribution in [0.3, 0.4) is 0 Å². The zero-order chi connectivity index (χ0) is 9.19. The van der Waals surface area contributed by atoms with E-state index in [1.165, 1.54) is 24.3 Å². The third-order valence-corrected chi connectivity index (χ3v) is 2.20. The van der Waals surface area contributed by atoms with Gasteiger partial charge in [-0.3, -0.25) is 9.67 Å². The van der Waals surface area contributed by atoms with Gasteiger partial charge in [-0.25, -0.2) is 0 Å². The fourth-order valence-electron chi connectivity index (χ4n) is 0.784. The molecule has 0 bridgehead atoms. The van der Waals surface area contributed by atoms with E-state index in [1.54, 1.807) is 5.11 Å². The summed E-state index contributed by atoms with van der Waals surface area (Å²) in [6.45, 7) is 0. The number of rotatable bonds is 2. The summed E-state index contributed by atoms with van der Waals surface area (Å²) >= 11 is 0. The average molecular weight is 186 g/mol. The van der Waals surface area contributed by atoms with E-state index in [4.69, 9.17) is 10.1 Å². The van der Waals surface area contributed by atoms with Crippen molar-refractivity contribution in [3.05, 3.63) is 29.8 Å². The zero-order valence-corrected chi connectivity index (χ0v) is 6.75. The maximum Gasteiger partial charge on any atom is 0.301 e. The Balaban J connectivity index is 3.43. The van der Waals surface area contributed by atoms with Gasteiger partial charge in [0.2, 0.25) is 5.69 Å². The van der Waals surface area contributed by atoms with Gasteiger partial charge in [0.15, 0.2) is 4.90 Å². The molecule has 2 N–H and O–H groups in total. The number of nitrogens with one attached hydrogen (secondary N) is 1. The van der Waals surface area contributed by atoms with Crippen molar-refractivity contribution in [2.24, 2.45) is 0 Å². The molecule has 1 aromatic carbocycles. The maximum absolute atomic E-state index is 10.6. The van der Waals surface area contributed by atoms with E-state index in [0.717, 1.165) is 0 Å². The minimum Gasteiger partial charge on any atom is -0.502 e. The number of hydrogen-bond donors (Lipinski definition) is 2. The van der Waals surface area contributed by atoms with E-state index in [0.29, 0.717) is 0 Å². The molecule has 0 amide bonds. The summed E-state index contributed by atoms with van der Waals surface area (Å²) in [5.41, 5.74) is 8.40. The van der Waals surface area contributed by atoms with Gasteiger partial charge in [0.25, 0.3) is 0 Å². The van der Waals surface area contributed by atoms with Gasteiger partial charge in [-0.2, -0.15) is 8.42 Å². The minimum absolute atomic E-state index is 0.0556. The Morgan fingerprint density at radius 3 is 2.33 bits per heavy atom. The molecule has 0 aliphatic carbocycles. The topological polar surface area (TPSA) is 90.6 Å². The predicted octanol–water partition coefficient (Wildman–Crippen LogP) is -0.333. The average Bonchev–Trinajstić information content (AvgIpc) is 2.03. The van der Waals surface area contributed by atoms with E-state index in [2.05, 4.69) is 0 Å². The number of para-hydroxylation sites is 1. The second-order valence-corrected chi connectivity index (χ2v) is 3.47. The Morgan fingerprint density at radius 2 is 1.92 bits per heavy atom. The van der Waals surface area contributed by atoms with Gasteiger partial charge in [0.05, 0.1) is 0 Å². The molecule has 5 nitrogen and oxygen atoms in total. The van der Waals surface area contributed by atoms with Gasteiger partial charge in [-0.15, -0.1) is 0 Å². The molecule has 12 heavy (non-hydrogen) atoms. The Morgan fingerprint density at radius 1 is 1.33 bits per heavy atom. The summed E-state index contributed by atoms with van der Waals surface area (Å²) in [7, 11) is -4.27. The lowest BCUT2D eigenvalue weighted by atomic mass is 10.3. The van der Waals surface area contributed by atoms with Crippen LogP contribution in [0, 0.1) is 0 Å². The first kappa shape index (κ1) is 8.82. The molecule has 6 heteroatoms. The lowest BCUT2D eigenvalue weighted by Crippen LogP contribution is -2.55. The molecule has 0 heterocycles. The maximum atomic E-state index is 10.6. The van der Waals surface area contributed by atoms with Crippen molar-refractivity contribution in [3.63, 3.8) is 0 Å². The molecule has 0 aliphatic rings. The van der Waals surface area contributed by atoms with Crippen LogP contribution in [0.15, 0.2) is 29.2 Å². The molecule has 0 aliphatic heterocycles. The van der Waals surface area contributed by atoms with Crippen molar-refractivity contribution in [2.75, 3.05) is 0 Å². The van der Waals surface area contributed by atoms with Crippen LogP contribution < -0.4 is 5.11 Å². The summed E-state index contributed by atoms with van der Waals surface area (Å²) in [5.74, 6) is 0. The molecule has 64 valence electrons. The largest absolute Gasteiger partial charge is 0.502 e. The Bertz CT molecular complexity index is 399. The van der Waals surface area contributed by atoms with E-state index in [-0.39, 0.29) is 10.6 Å². The second kappa shape index (κ2) is 3.00. The molecule has 0 atom stereocenters. The number of nitrogens with zero attached hydrogens (tertiary/aromatic N) is 1. The van der Waals surface area contributed by atoms with E-state index in [9.17, 15) is 8.42 Å². The molecule has 0 aromatic heterocycles. The molecule has 1 rings (SSSR count). The Hall–Kier alpha value is -1.27. The van der Waals surface area contributed by atoms with Gasteiger partial charge in [0.1, 0.15) is 0 Å². The quantitative estimate of drug-likeness (QED) is 0.489. The molecular formula is C6H6N2O3S. The summed E-state index contributed by atoms with van der Waals surface area (Å²) in [6.07, 6.45) is 0. The predicted molar refractivity (Wildman–Crippen MR) is 40.2 cm³/mol. The van der Waals surface area contributed by atoms with E-state index < -0.39 is 10.1 Å². The highest BCUT2D eigenvalue weighted by Gasteiger charge is 2.16. The molecule has 0 saturated heterocycles. The summed E-state index contributed by atoms with van der Waals surface area (Å²) in [6, 6.07) is 5.45. The smallest absolute Gasteiger partial charge is 0.301 e. The molecule has 1 aromatic rings. The van der Waals surface area contributed by atoms with Gasteiger partial charge >= 0.3 is 10.1 Å². The van der Waals surface area contributed by atoms with Crippen LogP contribution in [0.4, 0.5) is 5.69 Å². The van der Waals surface area contributed by atoms with Crippen molar-refractivity contribution in [2.45, 2.75) is 4.90 Å². The third kappa shape index (κ3) is 1.66. The van der Waals surface area contributed by atoms with Crippen LogP contribution in [0.25, 0.3) is 5.53 Å². The lowest BCUT2D eigenvalue weighted by molar-refractivity contribution is -0.382. The van der Waals surface area contributed by atoms with Crippen LogP contribution in [0.2, 0.25) is 0 Å². The molecule has 0 radical (unpaired) electrons. The van der Waals surface area contributed by atoms with Crippen molar-refractivity contribution in [1.29, 1.82) is 0 Å². The third-order valence-electron chi connectivity index (χ3n) is 1.29. The SMILES string of the molecule is [N-]=[NH+]c1ccccc1S(=O)(=O)O. The monoisotopic (exact) mass is 186 g/mol. The summed E-state index contributed by atoms with van der Waals surface area (Å²) in [4.78, 5) is -0.354. The molecule has 0 unspecified atom stereocenters. The molecule has 0 spiro atoms. The van der Waals surface area contributed by atoms with Gasteiger partial charge in [-0.05, 0) is 6.07 Å². The zero-order valence-electron chi connectivity index (χ0n) is 5.93. The molecular weight excluding hydrogens is 180 g/mol. The summed E-state index contributed by atoms with van der Waals surface area (Å²) < 4.78 is 29.9. The standard InChI is InChI=1S/C6H6N2O3S/c7-8-5-3-1-2-4-6(5)12(9,10)11/h1-4,8H,(H,9,10,11). The second-order valence-electron chi connectivity index (χ2n) is 2.08. The van der Waals surface area contributed by atoms with E-state index in [1.807, 2.05) is 0 Å². The van der Waals surface area contributed by atoms with Crippen molar-refractivity contribution >= 4 is 15.8 Å². The number of hydrogen-bond acceptors (Lipinski definition) is 2. The first-order valence-electron chi connectivity index (χ1n) is 3.02. The highest BCUT2D eigenvalue weighted by molar-refractivity contribution is 7.86. The Kier molecular flexibility index (Phi) is 2.20. The van der Waals surface area contributed by atoms with Gasteiger partial charge in [0, 0.05) is 6.07 Å². The van der Waals surface area contributed by atoms with Gasteiger partial charge in [-0.1, -0.05) is 12.1 Å². The fourth-order valence-corrected chi connectivity index (χ4v) is 1.43. The Labute approximate surface area is 69.3 Å². The van der Waals surface area contributed by atoms with Crippen LogP contribution in [0.5, 0.6) is 0 Å². The van der Waals surface area contributed by atoms with Crippen molar-refractivity contribution in [3.8, 4) is 0 Å². The number of benzene rings is 1. The van der Waals surface area contributed by atoms with Crippen LogP contribution in [-0.2, 0) is 10.1 Å². The normalized spacial score (nSPS) is 11.1. The highest BCUT2D eigenvalue weighted by Crippen LogP contribution is 2.14. The molecule has 0 fully saturated rings. The first-order valence-corrected chi connectivity index (χ1v) is 4.46. The first-order chi connectivity index (χ1) is 5.55. The van der Waals surface area contributed by atoms with Crippen molar-refractivity contribution < 1.29 is 18.1 Å². The van der Waals surface area contributed by atoms with Crippen molar-refractivity contribution in [1.82, 2.24) is 0 Å². The lowest BCUT2D eigenvalue weighted by Gasteiger charge is -1.96. The minimum atomic E-state index is -4.27. The summed E-state index contributed by atoms with van der Waals surface area (Å²) in [5, 5.41) is 1.66. The van der Waals surface area contributed by atoms with Gasteiger partial charge < -0.3 is 5.53 Å². The van der Waals surface area contributed by atoms with E-state index >= 15 is 0 Å². The molecule has 0 saturated carbocycles. The highest BCUT2D eigenvalue weighted by atomic mass is 32.2. The fraction of sp³-hybridized carbons (Fsp3) is 0.